The van der Waals surface area contributed by atoms with Crippen LogP contribution in [-0.2, 0) is 19.1 Å². The number of ether oxygens (including phenoxy) is 1. The zero-order chi connectivity index (χ0) is 9.30. The van der Waals surface area contributed by atoms with Gasteiger partial charge in [-0.05, 0) is 6.92 Å². The summed E-state index contributed by atoms with van der Waals surface area (Å²) in [6.07, 6.45) is -2.89. The summed E-state index contributed by atoms with van der Waals surface area (Å²) in [4.78, 5) is 32.2. The molecule has 0 spiro atoms. The van der Waals surface area contributed by atoms with E-state index in [0.29, 0.717) is 0 Å². The van der Waals surface area contributed by atoms with Crippen LogP contribution in [-0.4, -0.2) is 41.3 Å². The molecule has 1 aliphatic carbocycles. The van der Waals surface area contributed by atoms with Crippen LogP contribution in [0.15, 0.2) is 0 Å². The van der Waals surface area contributed by atoms with Gasteiger partial charge >= 0.3 is 0 Å². The lowest BCUT2D eigenvalue weighted by atomic mass is 10.2. The van der Waals surface area contributed by atoms with Crippen LogP contribution in [0, 0.1) is 0 Å². The van der Waals surface area contributed by atoms with E-state index in [1.54, 1.807) is 6.92 Å². The van der Waals surface area contributed by atoms with Crippen LogP contribution in [0.5, 0.6) is 0 Å². The molecule has 0 aromatic heterocycles. The summed E-state index contributed by atoms with van der Waals surface area (Å²) in [7, 11) is 0. The highest BCUT2D eigenvalue weighted by Gasteiger charge is 2.48. The minimum Gasteiger partial charge on any atom is -0.382 e. The maximum atomic E-state index is 10.9. The topological polar surface area (TPSA) is 80.7 Å². The summed E-state index contributed by atoms with van der Waals surface area (Å²) in [5.74, 6) is -3.19. The van der Waals surface area contributed by atoms with Gasteiger partial charge < -0.3 is 9.84 Å². The molecule has 1 aliphatic rings. The predicted molar refractivity (Wildman–Crippen MR) is 36.4 cm³/mol. The van der Waals surface area contributed by atoms with E-state index < -0.39 is 29.6 Å². The number of ketones is 3. The normalized spacial score (nSPS) is 30.0. The van der Waals surface area contributed by atoms with Crippen molar-refractivity contribution in [2.24, 2.45) is 0 Å². The largest absolute Gasteiger partial charge is 0.382 e. The van der Waals surface area contributed by atoms with Gasteiger partial charge in [0.25, 0.3) is 5.78 Å². The fraction of sp³-hybridized carbons (Fsp3) is 0.571. The van der Waals surface area contributed by atoms with Crippen LogP contribution < -0.4 is 0 Å². The summed E-state index contributed by atoms with van der Waals surface area (Å²) < 4.78 is 4.73. The first kappa shape index (κ1) is 9.02. The van der Waals surface area contributed by atoms with Crippen LogP contribution in [0.1, 0.15) is 6.92 Å². The number of Topliss-reactive ketones (excluding diaryl/α,β-unsaturated/α-hetero) is 3. The Hall–Kier alpha value is -1.07. The molecule has 0 aromatic rings. The SMILES string of the molecule is CCOC1C(=O)C(=O)C(=O)C1O. The summed E-state index contributed by atoms with van der Waals surface area (Å²) in [5, 5.41) is 9.01. The second-order valence-electron chi connectivity index (χ2n) is 2.38. The molecule has 0 bridgehead atoms. The maximum absolute atomic E-state index is 10.9. The van der Waals surface area contributed by atoms with E-state index >= 15 is 0 Å². The number of rotatable bonds is 2. The molecular weight excluding hydrogens is 164 g/mol. The molecule has 5 nitrogen and oxygen atoms in total. The minimum atomic E-state index is -1.61. The Morgan fingerprint density at radius 1 is 1.33 bits per heavy atom. The van der Waals surface area contributed by atoms with Gasteiger partial charge in [-0.1, -0.05) is 0 Å². The third-order valence-corrected chi connectivity index (χ3v) is 1.61. The lowest BCUT2D eigenvalue weighted by molar-refractivity contribution is -0.142. The molecular formula is C7H8O5. The van der Waals surface area contributed by atoms with E-state index in [9.17, 15) is 14.4 Å². The maximum Gasteiger partial charge on any atom is 0.269 e. The first-order valence-electron chi connectivity index (χ1n) is 3.51. The quantitative estimate of drug-likeness (QED) is 0.511. The Morgan fingerprint density at radius 2 is 1.92 bits per heavy atom. The van der Waals surface area contributed by atoms with E-state index in [1.165, 1.54) is 0 Å². The summed E-state index contributed by atoms with van der Waals surface area (Å²) in [6.45, 7) is 1.78. The molecule has 1 N–H and O–H groups in total. The van der Waals surface area contributed by atoms with Crippen molar-refractivity contribution in [1.29, 1.82) is 0 Å². The van der Waals surface area contributed by atoms with Gasteiger partial charge in [-0.25, -0.2) is 0 Å². The van der Waals surface area contributed by atoms with Gasteiger partial charge in [0.2, 0.25) is 11.6 Å². The Morgan fingerprint density at radius 3 is 2.25 bits per heavy atom. The van der Waals surface area contributed by atoms with Crippen LogP contribution in [0.2, 0.25) is 0 Å². The van der Waals surface area contributed by atoms with Crippen molar-refractivity contribution in [2.45, 2.75) is 19.1 Å². The van der Waals surface area contributed by atoms with Crippen molar-refractivity contribution in [3.63, 3.8) is 0 Å². The van der Waals surface area contributed by atoms with Crippen molar-refractivity contribution in [1.82, 2.24) is 0 Å². The Bertz CT molecular complexity index is 244. The van der Waals surface area contributed by atoms with E-state index in [4.69, 9.17) is 9.84 Å². The van der Waals surface area contributed by atoms with E-state index in [-0.39, 0.29) is 6.61 Å². The molecule has 2 atom stereocenters. The van der Waals surface area contributed by atoms with Gasteiger partial charge in [0, 0.05) is 6.61 Å². The third-order valence-electron chi connectivity index (χ3n) is 1.61. The van der Waals surface area contributed by atoms with Crippen molar-refractivity contribution >= 4 is 17.3 Å². The first-order valence-corrected chi connectivity index (χ1v) is 3.51. The van der Waals surface area contributed by atoms with Crippen molar-refractivity contribution in [2.75, 3.05) is 6.61 Å². The van der Waals surface area contributed by atoms with Crippen LogP contribution in [0.3, 0.4) is 0 Å². The van der Waals surface area contributed by atoms with E-state index in [1.807, 2.05) is 0 Å². The Kier molecular flexibility index (Phi) is 2.35. The van der Waals surface area contributed by atoms with Crippen LogP contribution in [0.4, 0.5) is 0 Å². The highest BCUT2D eigenvalue weighted by molar-refractivity contribution is 6.69. The zero-order valence-electron chi connectivity index (χ0n) is 6.44. The van der Waals surface area contributed by atoms with Gasteiger partial charge in [-0.3, -0.25) is 14.4 Å². The molecule has 0 saturated heterocycles. The Balaban J connectivity index is 2.83. The van der Waals surface area contributed by atoms with E-state index in [0.717, 1.165) is 0 Å². The smallest absolute Gasteiger partial charge is 0.269 e. The first-order chi connectivity index (χ1) is 5.59. The van der Waals surface area contributed by atoms with Gasteiger partial charge in [0.05, 0.1) is 0 Å². The second kappa shape index (κ2) is 3.12. The molecule has 0 aromatic carbocycles. The molecule has 0 heterocycles. The number of carbonyl (C=O) groups is 3. The molecule has 66 valence electrons. The number of aliphatic hydroxyl groups is 1. The lowest BCUT2D eigenvalue weighted by Gasteiger charge is -2.09. The molecule has 5 heteroatoms. The molecule has 1 saturated carbocycles. The summed E-state index contributed by atoms with van der Waals surface area (Å²) in [5.41, 5.74) is 0. The average molecular weight is 172 g/mol. The fourth-order valence-corrected chi connectivity index (χ4v) is 1.01. The minimum absolute atomic E-state index is 0.175. The molecule has 0 aliphatic heterocycles. The number of carbonyl (C=O) groups excluding carboxylic acids is 3. The predicted octanol–water partition coefficient (Wildman–Crippen LogP) is -1.53. The molecule has 0 radical (unpaired) electrons. The van der Waals surface area contributed by atoms with E-state index in [2.05, 4.69) is 0 Å². The molecule has 1 fully saturated rings. The molecule has 12 heavy (non-hydrogen) atoms. The van der Waals surface area contributed by atoms with Crippen molar-refractivity contribution < 1.29 is 24.2 Å². The van der Waals surface area contributed by atoms with Crippen molar-refractivity contribution in [3.8, 4) is 0 Å². The highest BCUT2D eigenvalue weighted by atomic mass is 16.5. The summed E-state index contributed by atoms with van der Waals surface area (Å²) in [6, 6.07) is 0. The summed E-state index contributed by atoms with van der Waals surface area (Å²) >= 11 is 0. The second-order valence-corrected chi connectivity index (χ2v) is 2.38. The van der Waals surface area contributed by atoms with Crippen LogP contribution >= 0.6 is 0 Å². The van der Waals surface area contributed by atoms with Gasteiger partial charge in [-0.2, -0.15) is 0 Å². The van der Waals surface area contributed by atoms with Gasteiger partial charge in [0.15, 0.2) is 12.2 Å². The van der Waals surface area contributed by atoms with Gasteiger partial charge in [0.1, 0.15) is 0 Å². The Labute approximate surface area is 68.3 Å². The van der Waals surface area contributed by atoms with Crippen molar-refractivity contribution in [3.05, 3.63) is 0 Å². The van der Waals surface area contributed by atoms with Gasteiger partial charge in [-0.15, -0.1) is 0 Å². The number of hydrogen-bond acceptors (Lipinski definition) is 5. The lowest BCUT2D eigenvalue weighted by Crippen LogP contribution is -2.31. The highest BCUT2D eigenvalue weighted by Crippen LogP contribution is 2.12. The molecule has 1 rings (SSSR count). The average Bonchev–Trinajstić information content (AvgIpc) is 2.23. The van der Waals surface area contributed by atoms with Crippen LogP contribution in [0.25, 0.3) is 0 Å². The molecule has 2 unspecified atom stereocenters. The molecule has 0 amide bonds. The monoisotopic (exact) mass is 172 g/mol. The third kappa shape index (κ3) is 1.17. The fourth-order valence-electron chi connectivity index (χ4n) is 1.01. The standard InChI is InChI=1S/C7H8O5/c1-2-12-7-5(10)3(8)4(9)6(7)11/h5,7,10H,2H2,1H3. The number of aliphatic hydroxyl groups excluding tert-OH is 1. The number of hydrogen-bond donors (Lipinski definition) is 1. The zero-order valence-corrected chi connectivity index (χ0v) is 6.44.